The zero-order chi connectivity index (χ0) is 19.0. The minimum Gasteiger partial charge on any atom is -0.497 e. The highest BCUT2D eigenvalue weighted by Gasteiger charge is 2.33. The van der Waals surface area contributed by atoms with E-state index in [0.717, 1.165) is 24.3 Å². The largest absolute Gasteiger partial charge is 0.497 e. The van der Waals surface area contributed by atoms with Gasteiger partial charge in [-0.2, -0.15) is 0 Å². The number of anilines is 2. The summed E-state index contributed by atoms with van der Waals surface area (Å²) in [5.41, 5.74) is 3.03. The van der Waals surface area contributed by atoms with Crippen LogP contribution in [0.15, 0.2) is 41.3 Å². The van der Waals surface area contributed by atoms with E-state index < -0.39 is 10.0 Å². The number of benzene rings is 2. The second-order valence-electron chi connectivity index (χ2n) is 6.85. The third kappa shape index (κ3) is 3.10. The summed E-state index contributed by atoms with van der Waals surface area (Å²) in [5.74, 6) is 0.847. The first-order valence-corrected chi connectivity index (χ1v) is 10.6. The molecule has 0 bridgehead atoms. The fourth-order valence-corrected chi connectivity index (χ4v) is 5.53. The minimum atomic E-state index is -3.71. The van der Waals surface area contributed by atoms with Gasteiger partial charge in [-0.15, -0.1) is 0 Å². The highest BCUT2D eigenvalue weighted by molar-refractivity contribution is 7.93. The second-order valence-corrected chi connectivity index (χ2v) is 8.68. The molecule has 0 unspecified atom stereocenters. The topological polar surface area (TPSA) is 59.1 Å². The van der Waals surface area contributed by atoms with Crippen molar-refractivity contribution in [2.45, 2.75) is 24.2 Å². The van der Waals surface area contributed by atoms with Crippen LogP contribution in [-0.4, -0.2) is 42.3 Å². The summed E-state index contributed by atoms with van der Waals surface area (Å²) in [6, 6.07) is 10.9. The van der Waals surface area contributed by atoms with Crippen molar-refractivity contribution < 1.29 is 17.9 Å². The van der Waals surface area contributed by atoms with Crippen LogP contribution in [0.5, 0.6) is 11.5 Å². The van der Waals surface area contributed by atoms with Crippen molar-refractivity contribution >= 4 is 21.4 Å². The molecule has 1 saturated heterocycles. The minimum absolute atomic E-state index is 0.155. The molecule has 7 heteroatoms. The summed E-state index contributed by atoms with van der Waals surface area (Å²) in [7, 11) is -0.707. The molecule has 1 fully saturated rings. The molecule has 0 radical (unpaired) electrons. The molecule has 4 rings (SSSR count). The molecule has 0 aromatic heterocycles. The van der Waals surface area contributed by atoms with Gasteiger partial charge in [-0.3, -0.25) is 4.31 Å². The highest BCUT2D eigenvalue weighted by Crippen LogP contribution is 2.38. The smallest absolute Gasteiger partial charge is 0.268 e. The lowest BCUT2D eigenvalue weighted by atomic mass is 10.1. The fraction of sp³-hybridized carbons (Fsp3) is 0.400. The van der Waals surface area contributed by atoms with Gasteiger partial charge in [-0.05, 0) is 55.2 Å². The molecule has 2 aliphatic heterocycles. The molecule has 0 atom stereocenters. The zero-order valence-electron chi connectivity index (χ0n) is 15.6. The van der Waals surface area contributed by atoms with Gasteiger partial charge < -0.3 is 14.4 Å². The van der Waals surface area contributed by atoms with Crippen molar-refractivity contribution in [1.29, 1.82) is 0 Å². The van der Waals surface area contributed by atoms with Crippen molar-refractivity contribution in [3.05, 3.63) is 42.0 Å². The summed E-state index contributed by atoms with van der Waals surface area (Å²) in [4.78, 5) is 2.52. The second kappa shape index (κ2) is 6.96. The van der Waals surface area contributed by atoms with Gasteiger partial charge >= 0.3 is 0 Å². The molecule has 2 heterocycles. The fourth-order valence-electron chi connectivity index (χ4n) is 3.89. The lowest BCUT2D eigenvalue weighted by Crippen LogP contribution is -2.29. The Labute approximate surface area is 160 Å². The quantitative estimate of drug-likeness (QED) is 0.788. The van der Waals surface area contributed by atoms with Gasteiger partial charge in [0.2, 0.25) is 0 Å². The number of rotatable bonds is 5. The number of methoxy groups -OCH3 is 2. The lowest BCUT2D eigenvalue weighted by Gasteiger charge is -2.22. The van der Waals surface area contributed by atoms with E-state index in [1.54, 1.807) is 18.2 Å². The summed E-state index contributed by atoms with van der Waals surface area (Å²) >= 11 is 0. The summed E-state index contributed by atoms with van der Waals surface area (Å²) in [6.07, 6.45) is 3.15. The van der Waals surface area contributed by atoms with Crippen LogP contribution in [0.2, 0.25) is 0 Å². The Morgan fingerprint density at radius 1 is 0.926 bits per heavy atom. The number of hydrogen-bond acceptors (Lipinski definition) is 5. The lowest BCUT2D eigenvalue weighted by molar-refractivity contribution is 0.386. The molecule has 27 heavy (non-hydrogen) atoms. The average molecular weight is 388 g/mol. The average Bonchev–Trinajstić information content (AvgIpc) is 3.36. The molecule has 6 nitrogen and oxygen atoms in total. The van der Waals surface area contributed by atoms with E-state index >= 15 is 0 Å². The van der Waals surface area contributed by atoms with Crippen molar-refractivity contribution in [2.24, 2.45) is 0 Å². The maximum atomic E-state index is 13.3. The van der Waals surface area contributed by atoms with Crippen molar-refractivity contribution in [3.8, 4) is 11.5 Å². The molecule has 144 valence electrons. The maximum Gasteiger partial charge on any atom is 0.268 e. The Kier molecular flexibility index (Phi) is 4.63. The third-order valence-electron chi connectivity index (χ3n) is 5.33. The van der Waals surface area contributed by atoms with Crippen LogP contribution in [0.4, 0.5) is 11.4 Å². The van der Waals surface area contributed by atoms with Crippen LogP contribution in [0, 0.1) is 0 Å². The first-order chi connectivity index (χ1) is 13.0. The Morgan fingerprint density at radius 3 is 2.41 bits per heavy atom. The van der Waals surface area contributed by atoms with Gasteiger partial charge in [0.15, 0.2) is 0 Å². The Morgan fingerprint density at radius 2 is 1.70 bits per heavy atom. The standard InChI is InChI=1S/C20H24N2O4S/c1-25-17-6-8-20(19(14-17)26-2)27(23,24)22-12-9-15-13-16(5-7-18(15)22)21-10-3-4-11-21/h5-8,13-14H,3-4,9-12H2,1-2H3. The van der Waals surface area contributed by atoms with E-state index in [-0.39, 0.29) is 10.6 Å². The number of nitrogens with zero attached hydrogens (tertiary/aromatic N) is 2. The van der Waals surface area contributed by atoms with E-state index in [4.69, 9.17) is 9.47 Å². The first-order valence-electron chi connectivity index (χ1n) is 9.17. The first kappa shape index (κ1) is 18.0. The van der Waals surface area contributed by atoms with Crippen LogP contribution in [0.3, 0.4) is 0 Å². The summed E-state index contributed by atoms with van der Waals surface area (Å²) in [6.45, 7) is 2.59. The molecule has 0 aliphatic carbocycles. The van der Waals surface area contributed by atoms with Crippen LogP contribution in [0.1, 0.15) is 18.4 Å². The van der Waals surface area contributed by atoms with E-state index in [0.29, 0.717) is 18.7 Å². The SMILES string of the molecule is COc1ccc(S(=O)(=O)N2CCc3cc(N4CCCC4)ccc32)c(OC)c1. The van der Waals surface area contributed by atoms with Crippen molar-refractivity contribution in [2.75, 3.05) is 43.1 Å². The van der Waals surface area contributed by atoms with E-state index in [1.807, 2.05) is 12.1 Å². The molecule has 2 aliphatic rings. The van der Waals surface area contributed by atoms with Crippen LogP contribution >= 0.6 is 0 Å². The highest BCUT2D eigenvalue weighted by atomic mass is 32.2. The van der Waals surface area contributed by atoms with Crippen molar-refractivity contribution in [1.82, 2.24) is 0 Å². The number of ether oxygens (including phenoxy) is 2. The molecule has 2 aromatic carbocycles. The Hall–Kier alpha value is -2.41. The maximum absolute atomic E-state index is 13.3. The molecule has 0 amide bonds. The van der Waals surface area contributed by atoms with Crippen LogP contribution in [-0.2, 0) is 16.4 Å². The molecular weight excluding hydrogens is 364 g/mol. The van der Waals surface area contributed by atoms with Crippen LogP contribution in [0.25, 0.3) is 0 Å². The molecular formula is C20H24N2O4S. The predicted molar refractivity (Wildman–Crippen MR) is 106 cm³/mol. The Balaban J connectivity index is 1.69. The van der Waals surface area contributed by atoms with Crippen LogP contribution < -0.4 is 18.7 Å². The molecule has 0 N–H and O–H groups in total. The van der Waals surface area contributed by atoms with E-state index in [2.05, 4.69) is 11.0 Å². The molecule has 0 spiro atoms. The number of fused-ring (bicyclic) bond motifs is 1. The zero-order valence-corrected chi connectivity index (χ0v) is 16.5. The summed E-state index contributed by atoms with van der Waals surface area (Å²) in [5, 5.41) is 0. The van der Waals surface area contributed by atoms with Gasteiger partial charge in [0.1, 0.15) is 16.4 Å². The number of hydrogen-bond donors (Lipinski definition) is 0. The number of sulfonamides is 1. The predicted octanol–water partition coefficient (Wildman–Crippen LogP) is 3.06. The van der Waals surface area contributed by atoms with Gasteiger partial charge in [0, 0.05) is 31.4 Å². The van der Waals surface area contributed by atoms with Crippen molar-refractivity contribution in [3.63, 3.8) is 0 Å². The summed E-state index contributed by atoms with van der Waals surface area (Å²) < 4.78 is 38.6. The van der Waals surface area contributed by atoms with Gasteiger partial charge in [0.05, 0.1) is 19.9 Å². The van der Waals surface area contributed by atoms with Gasteiger partial charge in [0.25, 0.3) is 10.0 Å². The molecule has 0 saturated carbocycles. The monoisotopic (exact) mass is 388 g/mol. The Bertz CT molecular complexity index is 952. The van der Waals surface area contributed by atoms with Gasteiger partial charge in [-0.25, -0.2) is 8.42 Å². The normalized spacial score (nSPS) is 16.5. The van der Waals surface area contributed by atoms with E-state index in [1.165, 1.54) is 37.1 Å². The van der Waals surface area contributed by atoms with E-state index in [9.17, 15) is 8.42 Å². The molecule has 2 aromatic rings. The third-order valence-corrected chi connectivity index (χ3v) is 7.18. The van der Waals surface area contributed by atoms with Gasteiger partial charge in [-0.1, -0.05) is 0 Å².